The number of phenolic OH excluding ortho intramolecular Hbond substituents is 1. The van der Waals surface area contributed by atoms with Crippen molar-refractivity contribution in [2.24, 2.45) is 17.6 Å². The highest BCUT2D eigenvalue weighted by Gasteiger charge is 2.32. The second-order valence-corrected chi connectivity index (χ2v) is 13.4. The summed E-state index contributed by atoms with van der Waals surface area (Å²) in [6, 6.07) is 8.19. The number of aliphatic carboxylic acids is 1. The number of benzene rings is 2. The van der Waals surface area contributed by atoms with Crippen molar-refractivity contribution >= 4 is 46.4 Å². The van der Waals surface area contributed by atoms with E-state index in [0.29, 0.717) is 0 Å². The highest BCUT2D eigenvalue weighted by atomic mass is 16.4. The van der Waals surface area contributed by atoms with E-state index in [1.165, 1.54) is 19.1 Å². The molecule has 15 heteroatoms. The van der Waals surface area contributed by atoms with Crippen molar-refractivity contribution in [1.82, 2.24) is 31.6 Å². The van der Waals surface area contributed by atoms with Crippen LogP contribution in [-0.2, 0) is 41.6 Å². The Hall–Kier alpha value is -5.44. The normalized spacial score (nSPS) is 14.2. The van der Waals surface area contributed by atoms with E-state index in [0.717, 1.165) is 22.0 Å². The SMILES string of the molecule is CC(C)C[C@H](NC(=O)[C@@H](N)Cc1ccc(O)cc1)C(=O)N[C@@H](Cc1c[nH]c2ccccc12)C(=O)N[C@H](C(=O)NCC(=O)N[C@@H](C)C(=O)O)C(C)C. The number of carboxylic acids is 1. The predicted octanol–water partition coefficient (Wildman–Crippen LogP) is 0.848. The summed E-state index contributed by atoms with van der Waals surface area (Å²) in [5, 5.41) is 32.3. The first-order valence-corrected chi connectivity index (χ1v) is 16.8. The van der Waals surface area contributed by atoms with E-state index >= 15 is 0 Å². The van der Waals surface area contributed by atoms with E-state index in [2.05, 4.69) is 31.6 Å². The van der Waals surface area contributed by atoms with E-state index in [1.54, 1.807) is 32.2 Å². The second kappa shape index (κ2) is 18.5. The summed E-state index contributed by atoms with van der Waals surface area (Å²) >= 11 is 0. The number of aromatic hydroxyl groups is 1. The number of fused-ring (bicyclic) bond motifs is 1. The third kappa shape index (κ3) is 12.1. The molecule has 1 heterocycles. The quantitative estimate of drug-likeness (QED) is 0.0909. The number of hydrogen-bond donors (Lipinski definition) is 9. The Kier molecular flexibility index (Phi) is 14.5. The molecule has 1 aromatic heterocycles. The van der Waals surface area contributed by atoms with Gasteiger partial charge in [0.15, 0.2) is 0 Å². The zero-order valence-electron chi connectivity index (χ0n) is 29.5. The monoisotopic (exact) mass is 707 g/mol. The van der Waals surface area contributed by atoms with Crippen molar-refractivity contribution in [3.05, 3.63) is 65.9 Å². The van der Waals surface area contributed by atoms with Gasteiger partial charge in [0, 0.05) is 23.5 Å². The van der Waals surface area contributed by atoms with Crippen LogP contribution in [0.25, 0.3) is 10.9 Å². The number of aromatic amines is 1. The number of phenols is 1. The molecule has 0 aliphatic heterocycles. The minimum absolute atomic E-state index is 0.0278. The minimum Gasteiger partial charge on any atom is -0.508 e. The molecule has 0 bridgehead atoms. The molecule has 3 rings (SSSR count). The lowest BCUT2D eigenvalue weighted by Gasteiger charge is -2.27. The van der Waals surface area contributed by atoms with Gasteiger partial charge in [-0.2, -0.15) is 0 Å². The Labute approximate surface area is 296 Å². The van der Waals surface area contributed by atoms with E-state index in [-0.39, 0.29) is 30.9 Å². The van der Waals surface area contributed by atoms with Gasteiger partial charge < -0.3 is 47.5 Å². The van der Waals surface area contributed by atoms with Gasteiger partial charge in [-0.3, -0.25) is 28.8 Å². The van der Waals surface area contributed by atoms with Gasteiger partial charge in [-0.25, -0.2) is 0 Å². The van der Waals surface area contributed by atoms with E-state index in [9.17, 15) is 33.9 Å². The molecule has 5 amide bonds. The van der Waals surface area contributed by atoms with Gasteiger partial charge in [-0.1, -0.05) is 58.0 Å². The van der Waals surface area contributed by atoms with Crippen molar-refractivity contribution in [3.63, 3.8) is 0 Å². The van der Waals surface area contributed by atoms with Crippen LogP contribution in [0.5, 0.6) is 5.75 Å². The molecule has 276 valence electrons. The fraction of sp³-hybridized carbons (Fsp3) is 0.444. The van der Waals surface area contributed by atoms with Crippen LogP contribution in [0.4, 0.5) is 0 Å². The largest absolute Gasteiger partial charge is 0.508 e. The number of aromatic nitrogens is 1. The Balaban J connectivity index is 1.81. The van der Waals surface area contributed by atoms with Gasteiger partial charge in [-0.15, -0.1) is 0 Å². The molecule has 0 aliphatic rings. The first-order valence-electron chi connectivity index (χ1n) is 16.8. The van der Waals surface area contributed by atoms with Gasteiger partial charge in [0.1, 0.15) is 29.9 Å². The number of carboxylic acid groups (broad SMARTS) is 1. The Bertz CT molecular complexity index is 1690. The molecule has 0 spiro atoms. The molecule has 5 atom stereocenters. The van der Waals surface area contributed by atoms with Crippen molar-refractivity contribution in [2.75, 3.05) is 6.54 Å². The highest BCUT2D eigenvalue weighted by molar-refractivity contribution is 5.96. The van der Waals surface area contributed by atoms with E-state index in [1.807, 2.05) is 38.1 Å². The summed E-state index contributed by atoms with van der Waals surface area (Å²) in [4.78, 5) is 80.5. The van der Waals surface area contributed by atoms with Crippen LogP contribution in [0.3, 0.4) is 0 Å². The lowest BCUT2D eigenvalue weighted by Crippen LogP contribution is -2.59. The Morgan fingerprint density at radius 3 is 2.02 bits per heavy atom. The number of nitrogens with two attached hydrogens (primary N) is 1. The molecule has 0 radical (unpaired) electrons. The molecular formula is C36H49N7O8. The fourth-order valence-electron chi connectivity index (χ4n) is 5.38. The fourth-order valence-corrected chi connectivity index (χ4v) is 5.38. The summed E-state index contributed by atoms with van der Waals surface area (Å²) in [6.45, 7) is 7.92. The molecule has 15 nitrogen and oxygen atoms in total. The number of carbonyl (C=O) groups is 6. The van der Waals surface area contributed by atoms with Crippen LogP contribution in [0, 0.1) is 11.8 Å². The molecule has 0 saturated heterocycles. The summed E-state index contributed by atoms with van der Waals surface area (Å²) in [7, 11) is 0. The zero-order valence-corrected chi connectivity index (χ0v) is 29.5. The molecule has 0 unspecified atom stereocenters. The van der Waals surface area contributed by atoms with Gasteiger partial charge >= 0.3 is 5.97 Å². The Morgan fingerprint density at radius 1 is 0.765 bits per heavy atom. The number of amides is 5. The molecule has 0 aliphatic carbocycles. The summed E-state index contributed by atoms with van der Waals surface area (Å²) in [5.74, 6) is -4.90. The van der Waals surface area contributed by atoms with Crippen LogP contribution in [0.15, 0.2) is 54.7 Å². The van der Waals surface area contributed by atoms with E-state index in [4.69, 9.17) is 10.8 Å². The molecule has 0 fully saturated rings. The highest BCUT2D eigenvalue weighted by Crippen LogP contribution is 2.20. The maximum atomic E-state index is 13.9. The van der Waals surface area contributed by atoms with Crippen molar-refractivity contribution < 1.29 is 39.0 Å². The first kappa shape index (κ1) is 40.0. The number of para-hydroxylation sites is 1. The average molecular weight is 708 g/mol. The molecule has 3 aromatic rings. The maximum Gasteiger partial charge on any atom is 0.325 e. The van der Waals surface area contributed by atoms with Crippen LogP contribution in [-0.4, -0.2) is 87.5 Å². The van der Waals surface area contributed by atoms with Crippen molar-refractivity contribution in [1.29, 1.82) is 0 Å². The van der Waals surface area contributed by atoms with Crippen LogP contribution >= 0.6 is 0 Å². The first-order chi connectivity index (χ1) is 24.0. The van der Waals surface area contributed by atoms with Crippen LogP contribution < -0.4 is 32.3 Å². The summed E-state index contributed by atoms with van der Waals surface area (Å²) < 4.78 is 0. The molecule has 2 aromatic carbocycles. The number of rotatable bonds is 18. The van der Waals surface area contributed by atoms with Gasteiger partial charge in [0.05, 0.1) is 12.6 Å². The van der Waals surface area contributed by atoms with E-state index < -0.39 is 78.2 Å². The lowest BCUT2D eigenvalue weighted by atomic mass is 9.99. The number of carbonyl (C=O) groups excluding carboxylic acids is 5. The van der Waals surface area contributed by atoms with Crippen molar-refractivity contribution in [3.8, 4) is 5.75 Å². The third-order valence-electron chi connectivity index (χ3n) is 8.22. The summed E-state index contributed by atoms with van der Waals surface area (Å²) in [6.07, 6.45) is 2.17. The van der Waals surface area contributed by atoms with Crippen LogP contribution in [0.1, 0.15) is 52.2 Å². The van der Waals surface area contributed by atoms with Gasteiger partial charge in [0.25, 0.3) is 0 Å². The number of hydrogen-bond acceptors (Lipinski definition) is 8. The maximum absolute atomic E-state index is 13.9. The van der Waals surface area contributed by atoms with Gasteiger partial charge in [0.2, 0.25) is 29.5 Å². The zero-order chi connectivity index (χ0) is 37.8. The van der Waals surface area contributed by atoms with Crippen molar-refractivity contribution in [2.45, 2.75) is 84.1 Å². The topological polar surface area (TPSA) is 245 Å². The van der Waals surface area contributed by atoms with Gasteiger partial charge in [-0.05, 0) is 60.9 Å². The summed E-state index contributed by atoms with van der Waals surface area (Å²) in [5.41, 5.74) is 8.45. The second-order valence-electron chi connectivity index (χ2n) is 13.4. The third-order valence-corrected chi connectivity index (χ3v) is 8.22. The molecule has 10 N–H and O–H groups in total. The average Bonchev–Trinajstić information content (AvgIpc) is 3.48. The standard InChI is InChI=1S/C36H49N7O8/c1-19(2)14-28(41-32(46)26(37)15-22-10-12-24(44)13-11-22)33(47)42-29(16-23-17-38-27-9-7-6-8-25(23)27)34(48)43-31(20(3)4)35(49)39-18-30(45)40-21(5)36(50)51/h6-13,17,19-21,26,28-29,31,38,44H,14-16,18,37H2,1-5H3,(H,39,49)(H,40,45)(H,41,46)(H,42,47)(H,43,48)(H,50,51)/t21-,26-,28-,29-,31-/m0/s1. The molecular weight excluding hydrogens is 658 g/mol. The lowest BCUT2D eigenvalue weighted by molar-refractivity contribution is -0.141. The molecule has 51 heavy (non-hydrogen) atoms. The molecule has 0 saturated carbocycles. The Morgan fingerprint density at radius 2 is 1.39 bits per heavy atom. The van der Waals surface area contributed by atoms with Crippen LogP contribution in [0.2, 0.25) is 0 Å². The minimum atomic E-state index is -1.24. The predicted molar refractivity (Wildman–Crippen MR) is 190 cm³/mol. The number of H-pyrrole nitrogens is 1. The number of nitrogens with one attached hydrogen (secondary N) is 6. The smallest absolute Gasteiger partial charge is 0.325 e.